The third-order valence-corrected chi connectivity index (χ3v) is 7.06. The summed E-state index contributed by atoms with van der Waals surface area (Å²) in [5.41, 5.74) is 1.63. The maximum Gasteiger partial charge on any atom is 0.251 e. The van der Waals surface area contributed by atoms with Gasteiger partial charge < -0.3 is 10.1 Å². The quantitative estimate of drug-likeness (QED) is 0.613. The van der Waals surface area contributed by atoms with Crippen LogP contribution in [0.25, 0.3) is 0 Å². The van der Waals surface area contributed by atoms with E-state index in [1.165, 1.54) is 10.4 Å². The number of hydrogen-bond acceptors (Lipinski definition) is 4. The van der Waals surface area contributed by atoms with Crippen molar-refractivity contribution in [1.29, 1.82) is 0 Å². The topological polar surface area (TPSA) is 75.7 Å². The zero-order chi connectivity index (χ0) is 22.6. The number of fused-ring (bicyclic) bond motifs is 1. The number of nitrogens with zero attached hydrogens (tertiary/aromatic N) is 1. The van der Waals surface area contributed by atoms with E-state index in [9.17, 15) is 13.2 Å². The molecule has 0 bridgehead atoms. The molecule has 0 radical (unpaired) electrons. The predicted octanol–water partition coefficient (Wildman–Crippen LogP) is 4.45. The lowest BCUT2D eigenvalue weighted by molar-refractivity contribution is 0.0227. The summed E-state index contributed by atoms with van der Waals surface area (Å²) in [6.07, 6.45) is 5.07. The molecule has 0 unspecified atom stereocenters. The van der Waals surface area contributed by atoms with E-state index in [0.29, 0.717) is 17.7 Å². The van der Waals surface area contributed by atoms with Crippen LogP contribution in [-0.2, 0) is 10.0 Å². The van der Waals surface area contributed by atoms with Crippen LogP contribution in [0.3, 0.4) is 0 Å². The van der Waals surface area contributed by atoms with Gasteiger partial charge in [0.15, 0.2) is 0 Å². The van der Waals surface area contributed by atoms with Gasteiger partial charge in [-0.05, 0) is 43.2 Å². The molecule has 31 heavy (non-hydrogen) atoms. The van der Waals surface area contributed by atoms with Gasteiger partial charge in [0, 0.05) is 17.5 Å². The SMILES string of the molecule is C=CCN(c1ccc(C(=O)N[C@H]2CC(CC)(CC)Oc3ccccc32)cc1)S(C)(=O)=O. The first kappa shape index (κ1) is 22.9. The maximum absolute atomic E-state index is 13.0. The molecule has 2 aromatic rings. The van der Waals surface area contributed by atoms with Crippen molar-refractivity contribution in [2.75, 3.05) is 17.1 Å². The smallest absolute Gasteiger partial charge is 0.251 e. The second-order valence-corrected chi connectivity index (χ2v) is 9.80. The number of rotatable bonds is 8. The molecule has 1 amide bonds. The summed E-state index contributed by atoms with van der Waals surface area (Å²) in [5, 5.41) is 3.15. The van der Waals surface area contributed by atoms with Gasteiger partial charge in [0.05, 0.1) is 24.5 Å². The molecule has 0 aliphatic carbocycles. The highest BCUT2D eigenvalue weighted by atomic mass is 32.2. The Balaban J connectivity index is 1.83. The van der Waals surface area contributed by atoms with Crippen LogP contribution in [0.2, 0.25) is 0 Å². The molecular formula is C24H30N2O4S. The summed E-state index contributed by atoms with van der Waals surface area (Å²) in [6.45, 7) is 7.99. The number of carbonyl (C=O) groups excluding carboxylic acids is 1. The van der Waals surface area contributed by atoms with E-state index in [-0.39, 0.29) is 24.1 Å². The van der Waals surface area contributed by atoms with Crippen molar-refractivity contribution in [2.24, 2.45) is 0 Å². The van der Waals surface area contributed by atoms with E-state index in [2.05, 4.69) is 25.7 Å². The van der Waals surface area contributed by atoms with E-state index < -0.39 is 10.0 Å². The first-order chi connectivity index (χ1) is 14.7. The summed E-state index contributed by atoms with van der Waals surface area (Å²) in [6, 6.07) is 14.2. The van der Waals surface area contributed by atoms with Crippen LogP contribution in [0, 0.1) is 0 Å². The fourth-order valence-corrected chi connectivity index (χ4v) is 4.88. The lowest BCUT2D eigenvalue weighted by Crippen LogP contribution is -2.44. The van der Waals surface area contributed by atoms with Crippen LogP contribution >= 0.6 is 0 Å². The molecule has 166 valence electrons. The van der Waals surface area contributed by atoms with Gasteiger partial charge in [-0.3, -0.25) is 9.10 Å². The Morgan fingerprint density at radius 2 is 1.84 bits per heavy atom. The number of amides is 1. The standard InChI is InChI=1S/C24H30N2O4S/c1-5-16-26(31(4,28)29)19-14-12-18(13-15-19)23(27)25-21-17-24(6-2,7-3)30-22-11-9-8-10-20(21)22/h5,8-15,21H,1,6-7,16-17H2,2-4H3,(H,25,27)/t21-/m0/s1. The minimum atomic E-state index is -3.44. The Bertz CT molecular complexity index is 1040. The van der Waals surface area contributed by atoms with E-state index in [1.54, 1.807) is 24.3 Å². The molecule has 3 rings (SSSR count). The van der Waals surface area contributed by atoms with Crippen LogP contribution in [0.5, 0.6) is 5.75 Å². The molecule has 1 aliphatic heterocycles. The highest BCUT2D eigenvalue weighted by molar-refractivity contribution is 7.92. The van der Waals surface area contributed by atoms with Crippen molar-refractivity contribution in [3.8, 4) is 5.75 Å². The summed E-state index contributed by atoms with van der Waals surface area (Å²) in [5.74, 6) is 0.607. The normalized spacial score (nSPS) is 17.2. The Labute approximate surface area is 185 Å². The van der Waals surface area contributed by atoms with Crippen molar-refractivity contribution < 1.29 is 17.9 Å². The third kappa shape index (κ3) is 4.93. The maximum atomic E-state index is 13.0. The molecule has 1 aliphatic rings. The molecule has 0 spiro atoms. The van der Waals surface area contributed by atoms with Crippen LogP contribution in [-0.4, -0.2) is 32.7 Å². The number of para-hydroxylation sites is 1. The molecule has 6 nitrogen and oxygen atoms in total. The van der Waals surface area contributed by atoms with Gasteiger partial charge in [0.2, 0.25) is 10.0 Å². The van der Waals surface area contributed by atoms with Gasteiger partial charge in [0.25, 0.3) is 5.91 Å². The summed E-state index contributed by atoms with van der Waals surface area (Å²) in [7, 11) is -3.44. The first-order valence-electron chi connectivity index (χ1n) is 10.5. The Morgan fingerprint density at radius 3 is 2.42 bits per heavy atom. The molecule has 0 fully saturated rings. The summed E-state index contributed by atoms with van der Waals surface area (Å²) >= 11 is 0. The van der Waals surface area contributed by atoms with E-state index >= 15 is 0 Å². The summed E-state index contributed by atoms with van der Waals surface area (Å²) < 4.78 is 31.6. The van der Waals surface area contributed by atoms with E-state index in [0.717, 1.165) is 30.4 Å². The fourth-order valence-electron chi connectivity index (χ4n) is 4.00. The molecule has 1 N–H and O–H groups in total. The molecule has 0 saturated carbocycles. The fraction of sp³-hybridized carbons (Fsp3) is 0.375. The minimum Gasteiger partial charge on any atom is -0.487 e. The number of ether oxygens (including phenoxy) is 1. The largest absolute Gasteiger partial charge is 0.487 e. The Kier molecular flexibility index (Phi) is 6.74. The Morgan fingerprint density at radius 1 is 1.19 bits per heavy atom. The molecule has 2 aromatic carbocycles. The number of sulfonamides is 1. The van der Waals surface area contributed by atoms with Gasteiger partial charge >= 0.3 is 0 Å². The molecule has 1 atom stereocenters. The van der Waals surface area contributed by atoms with Crippen LogP contribution < -0.4 is 14.4 Å². The van der Waals surface area contributed by atoms with Crippen molar-refractivity contribution in [3.63, 3.8) is 0 Å². The molecule has 7 heteroatoms. The Hall–Kier alpha value is -2.80. The van der Waals surface area contributed by atoms with Crippen LogP contribution in [0.4, 0.5) is 5.69 Å². The van der Waals surface area contributed by atoms with Crippen LogP contribution in [0.15, 0.2) is 61.2 Å². The van der Waals surface area contributed by atoms with Crippen molar-refractivity contribution in [2.45, 2.75) is 44.8 Å². The number of hydrogen-bond donors (Lipinski definition) is 1. The molecule has 0 aromatic heterocycles. The van der Waals surface area contributed by atoms with E-state index in [4.69, 9.17) is 4.74 Å². The highest BCUT2D eigenvalue weighted by Gasteiger charge is 2.39. The second kappa shape index (κ2) is 9.14. The number of benzene rings is 2. The van der Waals surface area contributed by atoms with E-state index in [1.807, 2.05) is 24.3 Å². The average Bonchev–Trinajstić information content (AvgIpc) is 2.76. The van der Waals surface area contributed by atoms with Crippen molar-refractivity contribution in [1.82, 2.24) is 5.32 Å². The monoisotopic (exact) mass is 442 g/mol. The lowest BCUT2D eigenvalue weighted by Gasteiger charge is -2.41. The summed E-state index contributed by atoms with van der Waals surface area (Å²) in [4.78, 5) is 13.0. The lowest BCUT2D eigenvalue weighted by atomic mass is 9.83. The zero-order valence-corrected chi connectivity index (χ0v) is 19.1. The molecule has 0 saturated heterocycles. The van der Waals surface area contributed by atoms with Crippen LogP contribution in [0.1, 0.15) is 55.1 Å². The average molecular weight is 443 g/mol. The van der Waals surface area contributed by atoms with Crippen molar-refractivity contribution in [3.05, 3.63) is 72.3 Å². The first-order valence-corrected chi connectivity index (χ1v) is 12.4. The minimum absolute atomic E-state index is 0.162. The molecular weight excluding hydrogens is 412 g/mol. The third-order valence-electron chi connectivity index (χ3n) is 5.90. The number of anilines is 1. The number of nitrogens with one attached hydrogen (secondary N) is 1. The van der Waals surface area contributed by atoms with Crippen molar-refractivity contribution >= 4 is 21.6 Å². The van der Waals surface area contributed by atoms with Gasteiger partial charge in [-0.1, -0.05) is 38.1 Å². The van der Waals surface area contributed by atoms with Gasteiger partial charge in [0.1, 0.15) is 11.4 Å². The molecule has 1 heterocycles. The van der Waals surface area contributed by atoms with Gasteiger partial charge in [-0.15, -0.1) is 6.58 Å². The number of carbonyl (C=O) groups is 1. The van der Waals surface area contributed by atoms with Gasteiger partial charge in [-0.2, -0.15) is 0 Å². The van der Waals surface area contributed by atoms with Gasteiger partial charge in [-0.25, -0.2) is 8.42 Å². The predicted molar refractivity (Wildman–Crippen MR) is 124 cm³/mol. The second-order valence-electron chi connectivity index (χ2n) is 7.89. The zero-order valence-electron chi connectivity index (χ0n) is 18.3. The highest BCUT2D eigenvalue weighted by Crippen LogP contribution is 2.42.